The van der Waals surface area contributed by atoms with E-state index in [-0.39, 0.29) is 23.3 Å². The summed E-state index contributed by atoms with van der Waals surface area (Å²) in [5, 5.41) is 8.87. The summed E-state index contributed by atoms with van der Waals surface area (Å²) in [6, 6.07) is 0. The zero-order valence-corrected chi connectivity index (χ0v) is 8.92. The number of nitrogens with zero attached hydrogens (tertiary/aromatic N) is 1. The van der Waals surface area contributed by atoms with Gasteiger partial charge in [0.1, 0.15) is 0 Å². The fraction of sp³-hybridized carbons (Fsp3) is 0.900. The molecule has 0 saturated heterocycles. The molecule has 3 nitrogen and oxygen atoms in total. The fourth-order valence-electron chi connectivity index (χ4n) is 2.17. The first-order chi connectivity index (χ1) is 5.87. The SMILES string of the molecule is CN(C)C(=O)C1(C)CC1(C)CCO. The van der Waals surface area contributed by atoms with Gasteiger partial charge < -0.3 is 10.0 Å². The number of rotatable bonds is 3. The largest absolute Gasteiger partial charge is 0.396 e. The Labute approximate surface area is 79.7 Å². The molecule has 0 aromatic carbocycles. The number of hydrogen-bond acceptors (Lipinski definition) is 2. The van der Waals surface area contributed by atoms with Crippen molar-refractivity contribution < 1.29 is 9.90 Å². The third kappa shape index (κ3) is 1.46. The van der Waals surface area contributed by atoms with Gasteiger partial charge in [0.2, 0.25) is 5.91 Å². The van der Waals surface area contributed by atoms with Crippen molar-refractivity contribution >= 4 is 5.91 Å². The molecule has 0 bridgehead atoms. The van der Waals surface area contributed by atoms with Crippen LogP contribution in [0.25, 0.3) is 0 Å². The molecule has 1 rings (SSSR count). The van der Waals surface area contributed by atoms with E-state index in [0.717, 1.165) is 12.8 Å². The van der Waals surface area contributed by atoms with Crippen LogP contribution in [0.4, 0.5) is 0 Å². The van der Waals surface area contributed by atoms with Crippen molar-refractivity contribution in [2.45, 2.75) is 26.7 Å². The summed E-state index contributed by atoms with van der Waals surface area (Å²) in [6.07, 6.45) is 1.63. The molecule has 2 unspecified atom stereocenters. The summed E-state index contributed by atoms with van der Waals surface area (Å²) in [6.45, 7) is 4.24. The number of carbonyl (C=O) groups is 1. The molecule has 2 atom stereocenters. The molecule has 0 aromatic rings. The lowest BCUT2D eigenvalue weighted by atomic mass is 9.92. The van der Waals surface area contributed by atoms with E-state index in [1.54, 1.807) is 19.0 Å². The summed E-state index contributed by atoms with van der Waals surface area (Å²) in [4.78, 5) is 13.4. The topological polar surface area (TPSA) is 40.5 Å². The lowest BCUT2D eigenvalue weighted by Crippen LogP contribution is -2.32. The van der Waals surface area contributed by atoms with E-state index in [2.05, 4.69) is 6.92 Å². The van der Waals surface area contributed by atoms with Gasteiger partial charge in [-0.3, -0.25) is 4.79 Å². The normalized spacial score (nSPS) is 37.3. The van der Waals surface area contributed by atoms with Gasteiger partial charge in [0.05, 0.1) is 5.41 Å². The number of amides is 1. The van der Waals surface area contributed by atoms with Crippen LogP contribution in [-0.2, 0) is 4.79 Å². The van der Waals surface area contributed by atoms with Crippen molar-refractivity contribution in [2.75, 3.05) is 20.7 Å². The smallest absolute Gasteiger partial charge is 0.228 e. The predicted molar refractivity (Wildman–Crippen MR) is 51.2 cm³/mol. The molecule has 13 heavy (non-hydrogen) atoms. The minimum atomic E-state index is -0.237. The maximum atomic E-state index is 11.8. The van der Waals surface area contributed by atoms with E-state index in [1.807, 2.05) is 6.92 Å². The average molecular weight is 185 g/mol. The molecule has 3 heteroatoms. The van der Waals surface area contributed by atoms with Gasteiger partial charge in [-0.2, -0.15) is 0 Å². The van der Waals surface area contributed by atoms with Crippen molar-refractivity contribution in [2.24, 2.45) is 10.8 Å². The molecule has 0 aromatic heterocycles. The number of carbonyl (C=O) groups excluding carboxylic acids is 1. The van der Waals surface area contributed by atoms with Crippen LogP contribution < -0.4 is 0 Å². The number of hydrogen-bond donors (Lipinski definition) is 1. The maximum Gasteiger partial charge on any atom is 0.228 e. The van der Waals surface area contributed by atoms with Gasteiger partial charge in [-0.25, -0.2) is 0 Å². The zero-order valence-electron chi connectivity index (χ0n) is 8.92. The van der Waals surface area contributed by atoms with Gasteiger partial charge in [0.15, 0.2) is 0 Å². The van der Waals surface area contributed by atoms with Gasteiger partial charge >= 0.3 is 0 Å². The minimum Gasteiger partial charge on any atom is -0.396 e. The molecule has 0 spiro atoms. The Bertz CT molecular complexity index is 227. The number of aliphatic hydroxyl groups is 1. The van der Waals surface area contributed by atoms with Crippen molar-refractivity contribution in [1.82, 2.24) is 4.90 Å². The Balaban J connectivity index is 2.68. The third-order valence-corrected chi connectivity index (χ3v) is 3.49. The fourth-order valence-corrected chi connectivity index (χ4v) is 2.17. The summed E-state index contributed by atoms with van der Waals surface area (Å²) in [5.74, 6) is 0.184. The Hall–Kier alpha value is -0.570. The molecule has 0 heterocycles. The predicted octanol–water partition coefficient (Wildman–Crippen LogP) is 0.873. The van der Waals surface area contributed by atoms with Crippen LogP contribution in [0.15, 0.2) is 0 Å². The van der Waals surface area contributed by atoms with Crippen LogP contribution in [0.1, 0.15) is 26.7 Å². The van der Waals surface area contributed by atoms with Gasteiger partial charge in [-0.15, -0.1) is 0 Å². The van der Waals surface area contributed by atoms with E-state index in [4.69, 9.17) is 5.11 Å². The second-order valence-electron chi connectivity index (χ2n) is 4.74. The highest BCUT2D eigenvalue weighted by Gasteiger charge is 2.65. The van der Waals surface area contributed by atoms with Gasteiger partial charge in [0.25, 0.3) is 0 Å². The van der Waals surface area contributed by atoms with E-state index >= 15 is 0 Å². The van der Waals surface area contributed by atoms with E-state index in [9.17, 15) is 4.79 Å². The number of aliphatic hydroxyl groups excluding tert-OH is 1. The zero-order chi connectivity index (χ0) is 10.3. The van der Waals surface area contributed by atoms with Crippen molar-refractivity contribution in [3.05, 3.63) is 0 Å². The van der Waals surface area contributed by atoms with E-state index in [1.165, 1.54) is 0 Å². The van der Waals surface area contributed by atoms with Crippen LogP contribution in [0.5, 0.6) is 0 Å². The summed E-state index contributed by atoms with van der Waals surface area (Å²) in [5.41, 5.74) is -0.220. The molecule has 1 N–H and O–H groups in total. The van der Waals surface area contributed by atoms with Crippen LogP contribution in [0.2, 0.25) is 0 Å². The molecule has 76 valence electrons. The average Bonchev–Trinajstić information content (AvgIpc) is 2.54. The Morgan fingerprint density at radius 2 is 2.00 bits per heavy atom. The van der Waals surface area contributed by atoms with Gasteiger partial charge in [-0.1, -0.05) is 13.8 Å². The highest BCUT2D eigenvalue weighted by Crippen LogP contribution is 2.65. The Kier molecular flexibility index (Phi) is 2.41. The second kappa shape index (κ2) is 2.98. The molecule has 1 aliphatic rings. The monoisotopic (exact) mass is 185 g/mol. The van der Waals surface area contributed by atoms with E-state index < -0.39 is 0 Å². The summed E-state index contributed by atoms with van der Waals surface area (Å²) < 4.78 is 0. The third-order valence-electron chi connectivity index (χ3n) is 3.49. The molecule has 1 amide bonds. The summed E-state index contributed by atoms with van der Waals surface area (Å²) >= 11 is 0. The van der Waals surface area contributed by atoms with Crippen LogP contribution in [0, 0.1) is 10.8 Å². The van der Waals surface area contributed by atoms with Gasteiger partial charge in [0, 0.05) is 20.7 Å². The van der Waals surface area contributed by atoms with Crippen LogP contribution in [-0.4, -0.2) is 36.6 Å². The lowest BCUT2D eigenvalue weighted by Gasteiger charge is -2.21. The van der Waals surface area contributed by atoms with Gasteiger partial charge in [-0.05, 0) is 18.3 Å². The molecule has 0 aliphatic heterocycles. The first-order valence-electron chi connectivity index (χ1n) is 4.70. The highest BCUT2D eigenvalue weighted by atomic mass is 16.3. The van der Waals surface area contributed by atoms with Crippen molar-refractivity contribution in [3.8, 4) is 0 Å². The molecule has 1 aliphatic carbocycles. The van der Waals surface area contributed by atoms with Crippen LogP contribution in [0.3, 0.4) is 0 Å². The molecule has 0 radical (unpaired) electrons. The Morgan fingerprint density at radius 3 is 2.38 bits per heavy atom. The minimum absolute atomic E-state index is 0.0170. The van der Waals surface area contributed by atoms with Crippen molar-refractivity contribution in [1.29, 1.82) is 0 Å². The van der Waals surface area contributed by atoms with Crippen molar-refractivity contribution in [3.63, 3.8) is 0 Å². The first-order valence-corrected chi connectivity index (χ1v) is 4.70. The maximum absolute atomic E-state index is 11.8. The summed E-state index contributed by atoms with van der Waals surface area (Å²) in [7, 11) is 3.57. The molecular weight excluding hydrogens is 166 g/mol. The molecule has 1 fully saturated rings. The molecule has 1 saturated carbocycles. The standard InChI is InChI=1S/C10H19NO2/c1-9(5-6-12)7-10(9,2)8(13)11(3)4/h12H,5-7H2,1-4H3. The highest BCUT2D eigenvalue weighted by molar-refractivity contribution is 5.86. The second-order valence-corrected chi connectivity index (χ2v) is 4.74. The quantitative estimate of drug-likeness (QED) is 0.709. The van der Waals surface area contributed by atoms with E-state index in [0.29, 0.717) is 0 Å². The Morgan fingerprint density at radius 1 is 1.46 bits per heavy atom. The molecular formula is C10H19NO2. The lowest BCUT2D eigenvalue weighted by molar-refractivity contribution is -0.135. The first kappa shape index (κ1) is 10.5. The van der Waals surface area contributed by atoms with Crippen LogP contribution >= 0.6 is 0 Å².